The number of halogens is 5. The smallest absolute Gasteiger partial charge is 0.335 e. The van der Waals surface area contributed by atoms with Crippen LogP contribution in [0.2, 0.25) is 5.02 Å². The van der Waals surface area contributed by atoms with Crippen molar-refractivity contribution in [2.75, 3.05) is 26.2 Å². The van der Waals surface area contributed by atoms with E-state index in [0.717, 1.165) is 36.3 Å². The van der Waals surface area contributed by atoms with E-state index in [4.69, 9.17) is 11.6 Å². The maximum Gasteiger partial charge on any atom is 0.416 e. The number of benzene rings is 2. The van der Waals surface area contributed by atoms with Crippen molar-refractivity contribution in [3.05, 3.63) is 111 Å². The highest BCUT2D eigenvalue weighted by Gasteiger charge is 2.30. The highest BCUT2D eigenvalue weighted by atomic mass is 35.5. The van der Waals surface area contributed by atoms with E-state index in [1.807, 2.05) is 13.8 Å². The average Bonchev–Trinajstić information content (AvgIpc) is 3.02. The van der Waals surface area contributed by atoms with Crippen LogP contribution in [0.3, 0.4) is 0 Å². The predicted octanol–water partition coefficient (Wildman–Crippen LogP) is 6.78. The molecular weight excluding hydrogens is 630 g/mol. The molecule has 0 saturated carbocycles. The van der Waals surface area contributed by atoms with Gasteiger partial charge in [-0.1, -0.05) is 67.5 Å². The molecule has 2 aromatic heterocycles. The minimum Gasteiger partial charge on any atom is -0.335 e. The van der Waals surface area contributed by atoms with Crippen LogP contribution >= 0.6 is 23.4 Å². The van der Waals surface area contributed by atoms with Crippen LogP contribution in [-0.2, 0) is 29.8 Å². The number of aromatic nitrogens is 3. The summed E-state index contributed by atoms with van der Waals surface area (Å²) < 4.78 is 53.7. The molecule has 0 aliphatic carbocycles. The largest absolute Gasteiger partial charge is 0.416 e. The van der Waals surface area contributed by atoms with Gasteiger partial charge in [0.25, 0.3) is 5.56 Å². The molecule has 2 aromatic carbocycles. The van der Waals surface area contributed by atoms with Gasteiger partial charge in [-0.2, -0.15) is 18.2 Å². The zero-order valence-corrected chi connectivity index (χ0v) is 26.3. The van der Waals surface area contributed by atoms with E-state index in [1.54, 1.807) is 35.4 Å². The maximum atomic E-state index is 13.7. The molecule has 7 nitrogen and oxygen atoms in total. The second kappa shape index (κ2) is 15.5. The van der Waals surface area contributed by atoms with Gasteiger partial charge in [0.05, 0.1) is 11.3 Å². The maximum absolute atomic E-state index is 13.7. The standard InChI is InChI=1S/C32H32ClF4N5O2S/c1-3-40(4-2)15-16-41(18-23-7-14-28(38-17-23)24-8-10-25(11-9-24)32(35,36)37)29(43)20-42-19-27(33)30(44)39-31(42)45-21-22-5-12-26(34)13-6-22/h5-14,17,19H,3-4,15-16,18,20-21H2,1-2H3. The fourth-order valence-corrected chi connectivity index (χ4v) is 5.57. The number of thioether (sulfide) groups is 1. The first-order valence-corrected chi connectivity index (χ1v) is 15.6. The number of likely N-dealkylation sites (N-methyl/N-ethyl adjacent to an activating group) is 1. The monoisotopic (exact) mass is 661 g/mol. The zero-order chi connectivity index (χ0) is 32.6. The molecule has 1 amide bonds. The molecule has 0 aliphatic rings. The van der Waals surface area contributed by atoms with Crippen molar-refractivity contribution in [2.24, 2.45) is 0 Å². The summed E-state index contributed by atoms with van der Waals surface area (Å²) in [6.07, 6.45) is -1.42. The Labute approximate surface area is 267 Å². The van der Waals surface area contributed by atoms with Crippen LogP contribution in [0.15, 0.2) is 83.0 Å². The number of carbonyl (C=O) groups is 1. The van der Waals surface area contributed by atoms with Gasteiger partial charge in [-0.05, 0) is 54.5 Å². The van der Waals surface area contributed by atoms with Crippen LogP contribution in [0, 0.1) is 5.82 Å². The molecule has 0 N–H and O–H groups in total. The molecule has 45 heavy (non-hydrogen) atoms. The van der Waals surface area contributed by atoms with E-state index < -0.39 is 17.3 Å². The lowest BCUT2D eigenvalue weighted by Gasteiger charge is -2.27. The van der Waals surface area contributed by atoms with Crippen LogP contribution in [0.1, 0.15) is 30.5 Å². The van der Waals surface area contributed by atoms with Gasteiger partial charge in [0.2, 0.25) is 5.91 Å². The van der Waals surface area contributed by atoms with Gasteiger partial charge in [0.15, 0.2) is 5.16 Å². The van der Waals surface area contributed by atoms with E-state index in [0.29, 0.717) is 35.3 Å². The van der Waals surface area contributed by atoms with Crippen LogP contribution in [0.5, 0.6) is 0 Å². The number of alkyl halides is 3. The summed E-state index contributed by atoms with van der Waals surface area (Å²) in [6, 6.07) is 14.3. The van der Waals surface area contributed by atoms with Gasteiger partial charge in [0, 0.05) is 43.3 Å². The Kier molecular flexibility index (Phi) is 11.8. The highest BCUT2D eigenvalue weighted by molar-refractivity contribution is 7.98. The molecule has 0 atom stereocenters. The Morgan fingerprint density at radius 3 is 2.22 bits per heavy atom. The lowest BCUT2D eigenvalue weighted by atomic mass is 10.1. The summed E-state index contributed by atoms with van der Waals surface area (Å²) in [5.74, 6) is -0.199. The van der Waals surface area contributed by atoms with Gasteiger partial charge in [-0.25, -0.2) is 4.39 Å². The molecule has 0 aliphatic heterocycles. The fourth-order valence-electron chi connectivity index (χ4n) is 4.49. The molecule has 0 spiro atoms. The number of nitrogens with zero attached hydrogens (tertiary/aromatic N) is 5. The first kappa shape index (κ1) is 34.1. The summed E-state index contributed by atoms with van der Waals surface area (Å²) in [5, 5.41) is 0.181. The lowest BCUT2D eigenvalue weighted by molar-refractivity contribution is -0.137. The van der Waals surface area contributed by atoms with Crippen molar-refractivity contribution >= 4 is 29.3 Å². The van der Waals surface area contributed by atoms with E-state index in [2.05, 4.69) is 14.9 Å². The third-order valence-electron chi connectivity index (χ3n) is 7.14. The number of rotatable bonds is 13. The molecule has 13 heteroatoms. The van der Waals surface area contributed by atoms with Gasteiger partial charge in [-0.3, -0.25) is 14.6 Å². The van der Waals surface area contributed by atoms with Crippen molar-refractivity contribution in [1.82, 2.24) is 24.3 Å². The van der Waals surface area contributed by atoms with Gasteiger partial charge in [0.1, 0.15) is 17.4 Å². The number of pyridine rings is 1. The Morgan fingerprint density at radius 1 is 0.956 bits per heavy atom. The Balaban J connectivity index is 1.53. The van der Waals surface area contributed by atoms with E-state index in [1.165, 1.54) is 46.8 Å². The van der Waals surface area contributed by atoms with E-state index in [-0.39, 0.29) is 29.8 Å². The summed E-state index contributed by atoms with van der Waals surface area (Å²) in [5.41, 5.74) is 1.25. The number of amides is 1. The van der Waals surface area contributed by atoms with Crippen molar-refractivity contribution in [1.29, 1.82) is 0 Å². The average molecular weight is 662 g/mol. The van der Waals surface area contributed by atoms with Crippen LogP contribution in [0.25, 0.3) is 11.3 Å². The van der Waals surface area contributed by atoms with Crippen molar-refractivity contribution in [3.63, 3.8) is 0 Å². The molecule has 0 saturated heterocycles. The normalized spacial score (nSPS) is 11.6. The molecule has 4 rings (SSSR count). The number of hydrogen-bond acceptors (Lipinski definition) is 6. The first-order chi connectivity index (χ1) is 21.5. The quantitative estimate of drug-likeness (QED) is 0.0894. The first-order valence-electron chi connectivity index (χ1n) is 14.2. The van der Waals surface area contributed by atoms with Crippen LogP contribution < -0.4 is 5.56 Å². The third-order valence-corrected chi connectivity index (χ3v) is 8.46. The molecular formula is C32H32ClF4N5O2S. The SMILES string of the molecule is CCN(CC)CCN(Cc1ccc(-c2ccc(C(F)(F)F)cc2)nc1)C(=O)Cn1cc(Cl)c(=O)nc1SCc1ccc(F)cc1. The molecule has 0 radical (unpaired) electrons. The Morgan fingerprint density at radius 2 is 1.62 bits per heavy atom. The Hall–Kier alpha value is -3.74. The van der Waals surface area contributed by atoms with Gasteiger partial charge in [-0.15, -0.1) is 0 Å². The van der Waals surface area contributed by atoms with Gasteiger partial charge >= 0.3 is 6.18 Å². The fraction of sp³-hybridized carbons (Fsp3) is 0.312. The molecule has 0 unspecified atom stereocenters. The van der Waals surface area contributed by atoms with E-state index in [9.17, 15) is 27.2 Å². The third kappa shape index (κ3) is 9.62. The summed E-state index contributed by atoms with van der Waals surface area (Å²) in [6.45, 7) is 6.85. The highest BCUT2D eigenvalue weighted by Crippen LogP contribution is 2.30. The molecule has 0 bridgehead atoms. The molecule has 4 aromatic rings. The lowest BCUT2D eigenvalue weighted by Crippen LogP contribution is -2.40. The van der Waals surface area contributed by atoms with Crippen LogP contribution in [-0.4, -0.2) is 56.4 Å². The van der Waals surface area contributed by atoms with E-state index >= 15 is 0 Å². The summed E-state index contributed by atoms with van der Waals surface area (Å²) >= 11 is 7.34. The van der Waals surface area contributed by atoms with Crippen molar-refractivity contribution in [3.8, 4) is 11.3 Å². The summed E-state index contributed by atoms with van der Waals surface area (Å²) in [7, 11) is 0. The molecule has 2 heterocycles. The van der Waals surface area contributed by atoms with Crippen molar-refractivity contribution < 1.29 is 22.4 Å². The molecule has 238 valence electrons. The van der Waals surface area contributed by atoms with Gasteiger partial charge < -0.3 is 14.4 Å². The minimum absolute atomic E-state index is 0.119. The topological polar surface area (TPSA) is 71.3 Å². The second-order valence-electron chi connectivity index (χ2n) is 10.2. The van der Waals surface area contributed by atoms with Crippen molar-refractivity contribution in [2.45, 2.75) is 44.0 Å². The second-order valence-corrected chi connectivity index (χ2v) is 11.5. The predicted molar refractivity (Wildman–Crippen MR) is 167 cm³/mol. The minimum atomic E-state index is -4.42. The van der Waals surface area contributed by atoms with Crippen LogP contribution in [0.4, 0.5) is 17.6 Å². The Bertz CT molecular complexity index is 1630. The summed E-state index contributed by atoms with van der Waals surface area (Å²) in [4.78, 5) is 38.4. The zero-order valence-electron chi connectivity index (χ0n) is 24.7. The molecule has 0 fully saturated rings. The number of hydrogen-bond donors (Lipinski definition) is 0. The number of carbonyl (C=O) groups excluding carboxylic acids is 1.